The third-order valence-electron chi connectivity index (χ3n) is 3.52. The summed E-state index contributed by atoms with van der Waals surface area (Å²) in [6, 6.07) is -0.584. The Kier molecular flexibility index (Phi) is 5.57. The average molecular weight is 284 g/mol. The number of amides is 1. The Bertz CT molecular complexity index is 361. The molecule has 20 heavy (non-hydrogen) atoms. The highest BCUT2D eigenvalue weighted by atomic mass is 16.5. The normalized spacial score (nSPS) is 21.9. The van der Waals surface area contributed by atoms with Crippen molar-refractivity contribution in [2.24, 2.45) is 5.92 Å². The van der Waals surface area contributed by atoms with Crippen LogP contribution in [0.15, 0.2) is 0 Å². The van der Waals surface area contributed by atoms with Crippen LogP contribution in [-0.2, 0) is 14.3 Å². The lowest BCUT2D eigenvalue weighted by molar-refractivity contribution is -0.148. The van der Waals surface area contributed by atoms with E-state index in [0.29, 0.717) is 0 Å². The van der Waals surface area contributed by atoms with Gasteiger partial charge in [-0.2, -0.15) is 0 Å². The molecule has 1 heterocycles. The smallest absolute Gasteiger partial charge is 0.323 e. The molecule has 1 amide bonds. The van der Waals surface area contributed by atoms with Crippen molar-refractivity contribution < 1.29 is 14.3 Å². The molecule has 0 bridgehead atoms. The lowest BCUT2D eigenvalue weighted by atomic mass is 9.98. The van der Waals surface area contributed by atoms with Crippen LogP contribution >= 0.6 is 0 Å². The van der Waals surface area contributed by atoms with E-state index in [1.807, 2.05) is 39.5 Å². The minimum atomic E-state index is -0.293. The van der Waals surface area contributed by atoms with Gasteiger partial charge in [-0.05, 0) is 46.1 Å². The van der Waals surface area contributed by atoms with Crippen molar-refractivity contribution in [3.05, 3.63) is 0 Å². The minimum Gasteiger partial charge on any atom is -0.468 e. The number of rotatable bonds is 4. The average Bonchev–Trinajstić information content (AvgIpc) is 2.74. The van der Waals surface area contributed by atoms with Crippen LogP contribution in [-0.4, -0.2) is 48.1 Å². The maximum atomic E-state index is 12.5. The van der Waals surface area contributed by atoms with Crippen molar-refractivity contribution in [3.63, 3.8) is 0 Å². The first-order chi connectivity index (χ1) is 9.17. The predicted molar refractivity (Wildman–Crippen MR) is 78.3 cm³/mol. The second-order valence-electron chi connectivity index (χ2n) is 6.85. The fraction of sp³-hybridized carbons (Fsp3) is 0.867. The van der Waals surface area contributed by atoms with Gasteiger partial charge in [0.1, 0.15) is 6.04 Å². The van der Waals surface area contributed by atoms with Crippen molar-refractivity contribution in [1.82, 2.24) is 10.2 Å². The molecule has 0 aromatic heterocycles. The van der Waals surface area contributed by atoms with Crippen molar-refractivity contribution in [3.8, 4) is 0 Å². The standard InChI is InChI=1S/C15H28N2O3/c1-10(2)12(13(18)16-15(3,4)5)17-9-7-8-11(17)14(19)20-6/h10-12H,7-9H2,1-6H3,(H,16,18)/t11?,12-/m1/s1. The van der Waals surface area contributed by atoms with Crippen LogP contribution in [0.3, 0.4) is 0 Å². The van der Waals surface area contributed by atoms with Crippen molar-refractivity contribution in [2.75, 3.05) is 13.7 Å². The number of ether oxygens (including phenoxy) is 1. The zero-order chi connectivity index (χ0) is 15.5. The van der Waals surface area contributed by atoms with E-state index in [1.54, 1.807) is 0 Å². The number of carbonyl (C=O) groups excluding carboxylic acids is 2. The van der Waals surface area contributed by atoms with E-state index in [9.17, 15) is 9.59 Å². The first kappa shape index (κ1) is 17.0. The van der Waals surface area contributed by atoms with E-state index in [0.717, 1.165) is 19.4 Å². The number of esters is 1. The highest BCUT2D eigenvalue weighted by Crippen LogP contribution is 2.25. The molecule has 1 rings (SSSR count). The number of nitrogens with zero attached hydrogens (tertiary/aromatic N) is 1. The Balaban J connectivity index is 2.90. The number of likely N-dealkylation sites (tertiary alicyclic amines) is 1. The SMILES string of the molecule is COC(=O)C1CCCN1[C@@H](C(=O)NC(C)(C)C)C(C)C. The molecule has 1 unspecified atom stereocenters. The second-order valence-corrected chi connectivity index (χ2v) is 6.85. The van der Waals surface area contributed by atoms with Crippen LogP contribution in [0.25, 0.3) is 0 Å². The molecule has 1 aliphatic rings. The molecule has 0 aromatic carbocycles. The molecule has 1 fully saturated rings. The Hall–Kier alpha value is -1.10. The number of hydrogen-bond donors (Lipinski definition) is 1. The van der Waals surface area contributed by atoms with Crippen molar-refractivity contribution >= 4 is 11.9 Å². The molecule has 5 nitrogen and oxygen atoms in total. The van der Waals surface area contributed by atoms with Crippen LogP contribution in [0.5, 0.6) is 0 Å². The maximum Gasteiger partial charge on any atom is 0.323 e. The van der Waals surface area contributed by atoms with Gasteiger partial charge in [-0.3, -0.25) is 14.5 Å². The molecule has 116 valence electrons. The number of carbonyl (C=O) groups is 2. The van der Waals surface area contributed by atoms with Crippen LogP contribution in [0.4, 0.5) is 0 Å². The summed E-state index contributed by atoms with van der Waals surface area (Å²) >= 11 is 0. The summed E-state index contributed by atoms with van der Waals surface area (Å²) in [4.78, 5) is 26.4. The highest BCUT2D eigenvalue weighted by molar-refractivity contribution is 5.84. The zero-order valence-corrected chi connectivity index (χ0v) is 13.5. The lowest BCUT2D eigenvalue weighted by Gasteiger charge is -2.35. The summed E-state index contributed by atoms with van der Waals surface area (Å²) in [5.74, 6) is -0.109. The monoisotopic (exact) mass is 284 g/mol. The highest BCUT2D eigenvalue weighted by Gasteiger charge is 2.41. The summed E-state index contributed by atoms with van der Waals surface area (Å²) < 4.78 is 4.86. The van der Waals surface area contributed by atoms with Gasteiger partial charge in [0.25, 0.3) is 0 Å². The van der Waals surface area contributed by atoms with E-state index in [4.69, 9.17) is 4.74 Å². The Morgan fingerprint density at radius 3 is 2.35 bits per heavy atom. The van der Waals surface area contributed by atoms with Crippen LogP contribution in [0, 0.1) is 5.92 Å². The van der Waals surface area contributed by atoms with Gasteiger partial charge in [-0.15, -0.1) is 0 Å². The summed E-state index contributed by atoms with van der Waals surface area (Å²) in [5.41, 5.74) is -0.273. The number of hydrogen-bond acceptors (Lipinski definition) is 4. The fourth-order valence-corrected chi connectivity index (χ4v) is 2.79. The molecule has 0 radical (unpaired) electrons. The minimum absolute atomic E-state index is 0.0108. The Morgan fingerprint density at radius 2 is 1.90 bits per heavy atom. The summed E-state index contributed by atoms with van der Waals surface area (Å²) in [6.45, 7) is 10.7. The van der Waals surface area contributed by atoms with E-state index >= 15 is 0 Å². The largest absolute Gasteiger partial charge is 0.468 e. The van der Waals surface area contributed by atoms with Crippen molar-refractivity contribution in [2.45, 2.75) is 65.1 Å². The van der Waals surface area contributed by atoms with Crippen molar-refractivity contribution in [1.29, 1.82) is 0 Å². The quantitative estimate of drug-likeness (QED) is 0.796. The van der Waals surface area contributed by atoms with Gasteiger partial charge in [-0.25, -0.2) is 0 Å². The Morgan fingerprint density at radius 1 is 1.30 bits per heavy atom. The van der Waals surface area contributed by atoms with Gasteiger partial charge >= 0.3 is 5.97 Å². The summed E-state index contributed by atoms with van der Waals surface area (Å²) in [5, 5.41) is 3.02. The summed E-state index contributed by atoms with van der Waals surface area (Å²) in [7, 11) is 1.40. The third-order valence-corrected chi connectivity index (χ3v) is 3.52. The molecule has 0 saturated carbocycles. The molecular formula is C15H28N2O3. The van der Waals surface area contributed by atoms with Gasteiger partial charge in [0.05, 0.1) is 13.2 Å². The van der Waals surface area contributed by atoms with Crippen LogP contribution in [0.2, 0.25) is 0 Å². The Labute approximate surface area is 122 Å². The molecule has 1 saturated heterocycles. The number of nitrogens with one attached hydrogen (secondary N) is 1. The molecule has 0 spiro atoms. The molecule has 5 heteroatoms. The second kappa shape index (κ2) is 6.57. The molecule has 0 aliphatic carbocycles. The number of methoxy groups -OCH3 is 1. The van der Waals surface area contributed by atoms with Gasteiger partial charge < -0.3 is 10.1 Å². The van der Waals surface area contributed by atoms with E-state index in [-0.39, 0.29) is 35.4 Å². The first-order valence-corrected chi connectivity index (χ1v) is 7.33. The third kappa shape index (κ3) is 4.20. The van der Waals surface area contributed by atoms with Gasteiger partial charge in [0.2, 0.25) is 5.91 Å². The lowest BCUT2D eigenvalue weighted by Crippen LogP contribution is -2.56. The molecule has 1 N–H and O–H groups in total. The molecule has 1 aliphatic heterocycles. The maximum absolute atomic E-state index is 12.5. The predicted octanol–water partition coefficient (Wildman–Crippen LogP) is 1.56. The fourth-order valence-electron chi connectivity index (χ4n) is 2.79. The van der Waals surface area contributed by atoms with E-state index in [1.165, 1.54) is 7.11 Å². The van der Waals surface area contributed by atoms with Crippen LogP contribution in [0.1, 0.15) is 47.5 Å². The first-order valence-electron chi connectivity index (χ1n) is 7.33. The zero-order valence-electron chi connectivity index (χ0n) is 13.5. The van der Waals surface area contributed by atoms with E-state index in [2.05, 4.69) is 5.32 Å². The molecule has 0 aromatic rings. The topological polar surface area (TPSA) is 58.6 Å². The van der Waals surface area contributed by atoms with Gasteiger partial charge in [0, 0.05) is 5.54 Å². The van der Waals surface area contributed by atoms with Gasteiger partial charge in [0.15, 0.2) is 0 Å². The van der Waals surface area contributed by atoms with E-state index < -0.39 is 0 Å². The molecule has 2 atom stereocenters. The van der Waals surface area contributed by atoms with Gasteiger partial charge in [-0.1, -0.05) is 13.8 Å². The summed E-state index contributed by atoms with van der Waals surface area (Å²) in [6.07, 6.45) is 1.68. The molecular weight excluding hydrogens is 256 g/mol. The van der Waals surface area contributed by atoms with Crippen LogP contribution < -0.4 is 5.32 Å².